The molecule has 2 N–H and O–H groups in total. The van der Waals surface area contributed by atoms with Gasteiger partial charge in [0, 0.05) is 13.1 Å². The number of hydrogen-bond donors (Lipinski definition) is 1. The zero-order valence-corrected chi connectivity index (χ0v) is 20.0. The third-order valence-corrected chi connectivity index (χ3v) is 6.07. The molecular weight excluding hydrogens is 445 g/mol. The lowest BCUT2D eigenvalue weighted by molar-refractivity contribution is -0.128. The standard InChI is InChI=1S/C23H28FN5O3S/c1-5-28(12-17-9-10-19(31-4)18(24)11-17)21(30)14-33-23-27-26-20(29(23)25)13-32-22-15(2)7-6-8-16(22)3/h6-11H,5,12-14,25H2,1-4H3. The van der Waals surface area contributed by atoms with Crippen molar-refractivity contribution in [1.82, 2.24) is 19.8 Å². The molecule has 0 aliphatic rings. The first-order valence-corrected chi connectivity index (χ1v) is 11.4. The summed E-state index contributed by atoms with van der Waals surface area (Å²) >= 11 is 1.19. The Labute approximate surface area is 196 Å². The lowest BCUT2D eigenvalue weighted by Gasteiger charge is -2.21. The molecule has 33 heavy (non-hydrogen) atoms. The van der Waals surface area contributed by atoms with E-state index in [9.17, 15) is 9.18 Å². The molecule has 1 aromatic heterocycles. The van der Waals surface area contributed by atoms with Crippen molar-refractivity contribution in [2.75, 3.05) is 25.3 Å². The maximum absolute atomic E-state index is 14.0. The fraction of sp³-hybridized carbons (Fsp3) is 0.348. The van der Waals surface area contributed by atoms with E-state index in [1.165, 1.54) is 29.6 Å². The van der Waals surface area contributed by atoms with Crippen LogP contribution in [0, 0.1) is 19.7 Å². The normalized spacial score (nSPS) is 10.8. The Morgan fingerprint density at radius 1 is 1.21 bits per heavy atom. The van der Waals surface area contributed by atoms with Gasteiger partial charge in [0.25, 0.3) is 0 Å². The zero-order valence-electron chi connectivity index (χ0n) is 19.2. The number of ether oxygens (including phenoxy) is 2. The van der Waals surface area contributed by atoms with Gasteiger partial charge in [0.1, 0.15) is 12.4 Å². The number of aryl methyl sites for hydroxylation is 2. The van der Waals surface area contributed by atoms with Crippen LogP contribution in [0.3, 0.4) is 0 Å². The molecule has 1 heterocycles. The minimum atomic E-state index is -0.459. The van der Waals surface area contributed by atoms with Gasteiger partial charge in [-0.1, -0.05) is 36.0 Å². The number of hydrogen-bond acceptors (Lipinski definition) is 7. The molecular formula is C23H28FN5O3S. The van der Waals surface area contributed by atoms with E-state index in [1.54, 1.807) is 17.0 Å². The number of nitrogens with zero attached hydrogens (tertiary/aromatic N) is 4. The summed E-state index contributed by atoms with van der Waals surface area (Å²) < 4.78 is 26.1. The second-order valence-electron chi connectivity index (χ2n) is 7.44. The highest BCUT2D eigenvalue weighted by atomic mass is 32.2. The molecule has 8 nitrogen and oxygen atoms in total. The average molecular weight is 474 g/mol. The maximum Gasteiger partial charge on any atom is 0.233 e. The number of rotatable bonds is 10. The molecule has 0 saturated heterocycles. The van der Waals surface area contributed by atoms with Gasteiger partial charge in [-0.25, -0.2) is 9.07 Å². The molecule has 0 unspecified atom stereocenters. The second-order valence-corrected chi connectivity index (χ2v) is 8.39. The molecule has 176 valence electrons. The molecule has 0 aliphatic heterocycles. The van der Waals surface area contributed by atoms with Gasteiger partial charge in [-0.15, -0.1) is 10.2 Å². The van der Waals surface area contributed by atoms with Crippen LogP contribution in [0.15, 0.2) is 41.6 Å². The number of thioether (sulfide) groups is 1. The van der Waals surface area contributed by atoms with E-state index in [1.807, 2.05) is 39.0 Å². The fourth-order valence-corrected chi connectivity index (χ4v) is 4.07. The van der Waals surface area contributed by atoms with Crippen LogP contribution in [0.1, 0.15) is 29.4 Å². The molecule has 1 amide bonds. The van der Waals surface area contributed by atoms with E-state index in [4.69, 9.17) is 15.3 Å². The number of carbonyl (C=O) groups is 1. The summed E-state index contributed by atoms with van der Waals surface area (Å²) in [5, 5.41) is 8.58. The summed E-state index contributed by atoms with van der Waals surface area (Å²) in [6, 6.07) is 10.6. The van der Waals surface area contributed by atoms with Gasteiger partial charge in [-0.3, -0.25) is 4.79 Å². The first-order valence-electron chi connectivity index (χ1n) is 10.4. The van der Waals surface area contributed by atoms with Crippen molar-refractivity contribution in [1.29, 1.82) is 0 Å². The largest absolute Gasteiger partial charge is 0.494 e. The number of carbonyl (C=O) groups excluding carboxylic acids is 1. The Morgan fingerprint density at radius 3 is 2.58 bits per heavy atom. The lowest BCUT2D eigenvalue weighted by Crippen LogP contribution is -2.32. The molecule has 0 spiro atoms. The van der Waals surface area contributed by atoms with E-state index in [0.717, 1.165) is 16.9 Å². The minimum Gasteiger partial charge on any atom is -0.494 e. The van der Waals surface area contributed by atoms with Gasteiger partial charge in [0.05, 0.1) is 12.9 Å². The summed E-state index contributed by atoms with van der Waals surface area (Å²) in [6.45, 7) is 6.76. The number of nitrogen functional groups attached to an aromatic ring is 1. The van der Waals surface area contributed by atoms with Crippen LogP contribution in [0.2, 0.25) is 0 Å². The number of benzene rings is 2. The van der Waals surface area contributed by atoms with Crippen LogP contribution in [0.25, 0.3) is 0 Å². The molecule has 3 aromatic rings. The summed E-state index contributed by atoms with van der Waals surface area (Å²) in [4.78, 5) is 14.4. The number of para-hydroxylation sites is 1. The SMILES string of the molecule is CCN(Cc1ccc(OC)c(F)c1)C(=O)CSc1nnc(COc2c(C)cccc2C)n1N. The number of methoxy groups -OCH3 is 1. The molecule has 0 fully saturated rings. The number of amides is 1. The van der Waals surface area contributed by atoms with E-state index < -0.39 is 5.82 Å². The van der Waals surface area contributed by atoms with Gasteiger partial charge in [-0.05, 0) is 49.6 Å². The van der Waals surface area contributed by atoms with Gasteiger partial charge in [0.2, 0.25) is 11.1 Å². The van der Waals surface area contributed by atoms with Crippen LogP contribution >= 0.6 is 11.8 Å². The Balaban J connectivity index is 1.58. The number of aromatic nitrogens is 3. The van der Waals surface area contributed by atoms with Crippen LogP contribution in [-0.4, -0.2) is 45.1 Å². The Kier molecular flexibility index (Phi) is 8.16. The van der Waals surface area contributed by atoms with E-state index in [2.05, 4.69) is 10.2 Å². The first kappa shape index (κ1) is 24.4. The highest BCUT2D eigenvalue weighted by molar-refractivity contribution is 7.99. The van der Waals surface area contributed by atoms with E-state index >= 15 is 0 Å². The second kappa shape index (κ2) is 11.0. The molecule has 0 atom stereocenters. The number of halogens is 1. The van der Waals surface area contributed by atoms with Crippen molar-refractivity contribution in [2.24, 2.45) is 0 Å². The summed E-state index contributed by atoms with van der Waals surface area (Å²) in [7, 11) is 1.41. The third kappa shape index (κ3) is 5.95. The van der Waals surface area contributed by atoms with Gasteiger partial charge >= 0.3 is 0 Å². The maximum atomic E-state index is 14.0. The van der Waals surface area contributed by atoms with Crippen LogP contribution in [0.4, 0.5) is 4.39 Å². The van der Waals surface area contributed by atoms with Crippen molar-refractivity contribution >= 4 is 17.7 Å². The molecule has 0 radical (unpaired) electrons. The van der Waals surface area contributed by atoms with Gasteiger partial charge < -0.3 is 20.2 Å². The molecule has 3 rings (SSSR count). The fourth-order valence-electron chi connectivity index (χ4n) is 3.29. The number of nitrogens with two attached hydrogens (primary N) is 1. The molecule has 0 aliphatic carbocycles. The smallest absolute Gasteiger partial charge is 0.233 e. The predicted molar refractivity (Wildman–Crippen MR) is 125 cm³/mol. The van der Waals surface area contributed by atoms with Crippen molar-refractivity contribution in [2.45, 2.75) is 39.1 Å². The Bertz CT molecular complexity index is 1100. The van der Waals surface area contributed by atoms with Crippen molar-refractivity contribution in [3.05, 3.63) is 64.7 Å². The lowest BCUT2D eigenvalue weighted by atomic mass is 10.1. The quantitative estimate of drug-likeness (QED) is 0.356. The molecule has 0 bridgehead atoms. The topological polar surface area (TPSA) is 95.5 Å². The van der Waals surface area contributed by atoms with Crippen LogP contribution in [0.5, 0.6) is 11.5 Å². The minimum absolute atomic E-state index is 0.116. The predicted octanol–water partition coefficient (Wildman–Crippen LogP) is 3.48. The summed E-state index contributed by atoms with van der Waals surface area (Å²) in [6.07, 6.45) is 0. The highest BCUT2D eigenvalue weighted by Gasteiger charge is 2.17. The summed E-state index contributed by atoms with van der Waals surface area (Å²) in [5.74, 6) is 7.08. The zero-order chi connectivity index (χ0) is 24.0. The highest BCUT2D eigenvalue weighted by Crippen LogP contribution is 2.24. The van der Waals surface area contributed by atoms with Crippen LogP contribution < -0.4 is 15.3 Å². The molecule has 0 saturated carbocycles. The van der Waals surface area contributed by atoms with Crippen molar-refractivity contribution < 1.29 is 18.7 Å². The first-order chi connectivity index (χ1) is 15.8. The molecule has 2 aromatic carbocycles. The monoisotopic (exact) mass is 473 g/mol. The third-order valence-electron chi connectivity index (χ3n) is 5.14. The molecule has 10 heteroatoms. The van der Waals surface area contributed by atoms with Gasteiger partial charge in [-0.2, -0.15) is 0 Å². The Hall–Kier alpha value is -3.27. The average Bonchev–Trinajstić information content (AvgIpc) is 3.15. The van der Waals surface area contributed by atoms with Crippen molar-refractivity contribution in [3.63, 3.8) is 0 Å². The van der Waals surface area contributed by atoms with Crippen molar-refractivity contribution in [3.8, 4) is 11.5 Å². The van der Waals surface area contributed by atoms with E-state index in [0.29, 0.717) is 29.6 Å². The van der Waals surface area contributed by atoms with Gasteiger partial charge in [0.15, 0.2) is 17.4 Å². The summed E-state index contributed by atoms with van der Waals surface area (Å²) in [5.41, 5.74) is 2.73. The van der Waals surface area contributed by atoms with E-state index in [-0.39, 0.29) is 24.0 Å². The Morgan fingerprint density at radius 2 is 1.94 bits per heavy atom. The van der Waals surface area contributed by atoms with Crippen LogP contribution in [-0.2, 0) is 17.9 Å².